The number of nitrogen functional groups attached to an aromatic ring is 1. The van der Waals surface area contributed by atoms with E-state index in [4.69, 9.17) is 5.73 Å². The third-order valence-corrected chi connectivity index (χ3v) is 5.47. The highest BCUT2D eigenvalue weighted by molar-refractivity contribution is 7.89. The lowest BCUT2D eigenvalue weighted by Gasteiger charge is -2.27. The van der Waals surface area contributed by atoms with E-state index in [1.807, 2.05) is 0 Å². The number of nitrogens with zero attached hydrogens (tertiary/aromatic N) is 2. The van der Waals surface area contributed by atoms with Crippen LogP contribution in [0.3, 0.4) is 0 Å². The van der Waals surface area contributed by atoms with E-state index in [1.165, 1.54) is 35.8 Å². The first kappa shape index (κ1) is 13.3. The molecule has 0 atom stereocenters. The fraction of sp³-hybridized carbons (Fsp3) is 0.583. The third kappa shape index (κ3) is 2.64. The third-order valence-electron chi connectivity index (χ3n) is 3.56. The lowest BCUT2D eigenvalue weighted by atomic mass is 9.83. The molecule has 2 N–H and O–H groups in total. The Morgan fingerprint density at radius 3 is 2.78 bits per heavy atom. The molecule has 2 rings (SSSR count). The first-order valence-electron chi connectivity index (χ1n) is 6.18. The summed E-state index contributed by atoms with van der Waals surface area (Å²) in [5.41, 5.74) is 5.62. The van der Waals surface area contributed by atoms with Crippen molar-refractivity contribution >= 4 is 15.8 Å². The van der Waals surface area contributed by atoms with Crippen molar-refractivity contribution in [3.8, 4) is 0 Å². The maximum atomic E-state index is 12.3. The molecule has 0 radical (unpaired) electrons. The van der Waals surface area contributed by atoms with Gasteiger partial charge in [-0.05, 0) is 24.5 Å². The summed E-state index contributed by atoms with van der Waals surface area (Å²) in [6, 6.07) is 3.08. The standard InChI is InChI=1S/C12H19N3O2S/c1-15(9-7-10-4-2-5-10)18(16,17)11-6-3-8-14-12(11)13/h3,6,8,10H,2,4-5,7,9H2,1H3,(H2,13,14). The lowest BCUT2D eigenvalue weighted by molar-refractivity contribution is 0.276. The van der Waals surface area contributed by atoms with Crippen molar-refractivity contribution in [3.63, 3.8) is 0 Å². The van der Waals surface area contributed by atoms with Gasteiger partial charge in [-0.2, -0.15) is 0 Å². The van der Waals surface area contributed by atoms with E-state index in [0.29, 0.717) is 12.5 Å². The van der Waals surface area contributed by atoms with Gasteiger partial charge in [0.2, 0.25) is 10.0 Å². The number of nitrogens with two attached hydrogens (primary N) is 1. The van der Waals surface area contributed by atoms with Crippen LogP contribution in [0.25, 0.3) is 0 Å². The van der Waals surface area contributed by atoms with Gasteiger partial charge in [0, 0.05) is 19.8 Å². The first-order chi connectivity index (χ1) is 8.51. The monoisotopic (exact) mass is 269 g/mol. The molecule has 0 aliphatic heterocycles. The lowest BCUT2D eigenvalue weighted by Crippen LogP contribution is -2.30. The molecule has 100 valence electrons. The Hall–Kier alpha value is -1.14. The van der Waals surface area contributed by atoms with Gasteiger partial charge >= 0.3 is 0 Å². The number of rotatable bonds is 5. The van der Waals surface area contributed by atoms with E-state index >= 15 is 0 Å². The van der Waals surface area contributed by atoms with Crippen LogP contribution in [0, 0.1) is 5.92 Å². The molecule has 1 saturated carbocycles. The number of pyridine rings is 1. The molecule has 0 unspecified atom stereocenters. The fourth-order valence-electron chi connectivity index (χ4n) is 2.05. The maximum Gasteiger partial charge on any atom is 0.246 e. The van der Waals surface area contributed by atoms with Crippen LogP contribution in [0.1, 0.15) is 25.7 Å². The van der Waals surface area contributed by atoms with Gasteiger partial charge < -0.3 is 5.73 Å². The van der Waals surface area contributed by atoms with Gasteiger partial charge in [0.05, 0.1) is 0 Å². The van der Waals surface area contributed by atoms with Gasteiger partial charge in [-0.25, -0.2) is 17.7 Å². The molecule has 0 saturated heterocycles. The van der Waals surface area contributed by atoms with E-state index in [0.717, 1.165) is 6.42 Å². The summed E-state index contributed by atoms with van der Waals surface area (Å²) in [5.74, 6) is 0.752. The van der Waals surface area contributed by atoms with Crippen LogP contribution >= 0.6 is 0 Å². The Morgan fingerprint density at radius 1 is 1.50 bits per heavy atom. The second kappa shape index (κ2) is 5.24. The van der Waals surface area contributed by atoms with Crippen molar-refractivity contribution in [1.29, 1.82) is 0 Å². The minimum atomic E-state index is -3.50. The van der Waals surface area contributed by atoms with E-state index in [1.54, 1.807) is 13.1 Å². The maximum absolute atomic E-state index is 12.3. The SMILES string of the molecule is CN(CCC1CCC1)S(=O)(=O)c1cccnc1N. The Kier molecular flexibility index (Phi) is 3.87. The van der Waals surface area contributed by atoms with Crippen molar-refractivity contribution in [2.24, 2.45) is 5.92 Å². The van der Waals surface area contributed by atoms with Gasteiger partial charge in [0.25, 0.3) is 0 Å². The second-order valence-electron chi connectivity index (χ2n) is 4.80. The van der Waals surface area contributed by atoms with Crippen LogP contribution in [0.4, 0.5) is 5.82 Å². The van der Waals surface area contributed by atoms with Crippen LogP contribution < -0.4 is 5.73 Å². The van der Waals surface area contributed by atoms with Crippen molar-refractivity contribution in [1.82, 2.24) is 9.29 Å². The fourth-order valence-corrected chi connectivity index (χ4v) is 3.30. The van der Waals surface area contributed by atoms with Gasteiger partial charge in [-0.15, -0.1) is 0 Å². The molecule has 6 heteroatoms. The quantitative estimate of drug-likeness (QED) is 0.878. The highest BCUT2D eigenvalue weighted by Crippen LogP contribution is 2.30. The molecule has 0 aromatic carbocycles. The van der Waals surface area contributed by atoms with Crippen LogP contribution in [0.2, 0.25) is 0 Å². The molecule has 18 heavy (non-hydrogen) atoms. The zero-order valence-corrected chi connectivity index (χ0v) is 11.4. The Balaban J connectivity index is 2.07. The van der Waals surface area contributed by atoms with Crippen molar-refractivity contribution in [3.05, 3.63) is 18.3 Å². The summed E-state index contributed by atoms with van der Waals surface area (Å²) in [6.07, 6.45) is 6.14. The van der Waals surface area contributed by atoms with Crippen LogP contribution in [-0.2, 0) is 10.0 Å². The first-order valence-corrected chi connectivity index (χ1v) is 7.62. The largest absolute Gasteiger partial charge is 0.383 e. The van der Waals surface area contributed by atoms with E-state index in [-0.39, 0.29) is 10.7 Å². The summed E-state index contributed by atoms with van der Waals surface area (Å²) in [5, 5.41) is 0. The topological polar surface area (TPSA) is 76.3 Å². The van der Waals surface area contributed by atoms with Gasteiger partial charge in [-0.1, -0.05) is 19.3 Å². The predicted molar refractivity (Wildman–Crippen MR) is 70.4 cm³/mol. The van der Waals surface area contributed by atoms with E-state index in [2.05, 4.69) is 4.98 Å². The van der Waals surface area contributed by atoms with E-state index < -0.39 is 10.0 Å². The summed E-state index contributed by atoms with van der Waals surface area (Å²) in [4.78, 5) is 3.92. The average molecular weight is 269 g/mol. The van der Waals surface area contributed by atoms with Crippen molar-refractivity contribution in [2.75, 3.05) is 19.3 Å². The molecule has 1 fully saturated rings. The normalized spacial score (nSPS) is 16.8. The van der Waals surface area contributed by atoms with Crippen LogP contribution in [0.15, 0.2) is 23.2 Å². The minimum Gasteiger partial charge on any atom is -0.383 e. The van der Waals surface area contributed by atoms with Gasteiger partial charge in [-0.3, -0.25) is 0 Å². The van der Waals surface area contributed by atoms with Crippen molar-refractivity contribution < 1.29 is 8.42 Å². The summed E-state index contributed by atoms with van der Waals surface area (Å²) in [7, 11) is -1.91. The molecule has 1 aliphatic rings. The number of hydrogen-bond acceptors (Lipinski definition) is 4. The van der Waals surface area contributed by atoms with Crippen LogP contribution in [-0.4, -0.2) is 31.3 Å². The van der Waals surface area contributed by atoms with Gasteiger partial charge in [0.1, 0.15) is 10.7 Å². The second-order valence-corrected chi connectivity index (χ2v) is 6.81. The molecule has 0 amide bonds. The molecule has 0 spiro atoms. The van der Waals surface area contributed by atoms with E-state index in [9.17, 15) is 8.42 Å². The number of sulfonamides is 1. The molecule has 5 nitrogen and oxygen atoms in total. The van der Waals surface area contributed by atoms with Crippen LogP contribution in [0.5, 0.6) is 0 Å². The van der Waals surface area contributed by atoms with Gasteiger partial charge in [0.15, 0.2) is 0 Å². The Bertz CT molecular complexity index is 512. The average Bonchev–Trinajstić information content (AvgIpc) is 2.27. The molecule has 1 aromatic rings. The molecule has 1 aromatic heterocycles. The molecule has 0 bridgehead atoms. The predicted octanol–water partition coefficient (Wildman–Crippen LogP) is 1.47. The Morgan fingerprint density at radius 2 is 2.22 bits per heavy atom. The number of aromatic nitrogens is 1. The number of anilines is 1. The molecule has 1 aliphatic carbocycles. The Labute approximate surface area is 108 Å². The smallest absolute Gasteiger partial charge is 0.246 e. The highest BCUT2D eigenvalue weighted by atomic mass is 32.2. The molecule has 1 heterocycles. The summed E-state index contributed by atoms with van der Waals surface area (Å²) in [6.45, 7) is 0.543. The molecular weight excluding hydrogens is 250 g/mol. The highest BCUT2D eigenvalue weighted by Gasteiger charge is 2.25. The molecular formula is C12H19N3O2S. The number of hydrogen-bond donors (Lipinski definition) is 1. The zero-order chi connectivity index (χ0) is 13.2. The summed E-state index contributed by atoms with van der Waals surface area (Å²) >= 11 is 0. The summed E-state index contributed by atoms with van der Waals surface area (Å²) < 4.78 is 25.9. The zero-order valence-electron chi connectivity index (χ0n) is 10.5. The minimum absolute atomic E-state index is 0.0630. The van der Waals surface area contributed by atoms with Crippen molar-refractivity contribution in [2.45, 2.75) is 30.6 Å².